The first-order valence-corrected chi connectivity index (χ1v) is 6.63. The largest absolute Gasteiger partial charge is 0.383 e. The van der Waals surface area contributed by atoms with Gasteiger partial charge in [-0.15, -0.1) is 0 Å². The molecule has 0 bridgehead atoms. The Morgan fingerprint density at radius 1 is 1.68 bits per heavy atom. The number of carbonyl (C=O) groups excluding carboxylic acids is 1. The Kier molecular flexibility index (Phi) is 4.55. The van der Waals surface area contributed by atoms with Crippen molar-refractivity contribution in [2.45, 2.75) is 31.3 Å². The maximum Gasteiger partial charge on any atom is 0.221 e. The highest BCUT2D eigenvalue weighted by Crippen LogP contribution is 2.34. The number of nitrogens with one attached hydrogen (secondary N) is 2. The number of H-pyrrole nitrogens is 1. The summed E-state index contributed by atoms with van der Waals surface area (Å²) in [5.74, 6) is 0.0635. The van der Waals surface area contributed by atoms with E-state index in [4.69, 9.17) is 4.74 Å². The molecule has 0 aliphatic carbocycles. The fourth-order valence-electron chi connectivity index (χ4n) is 2.89. The van der Waals surface area contributed by atoms with E-state index in [1.165, 1.54) is 0 Å². The van der Waals surface area contributed by atoms with Crippen LogP contribution in [-0.2, 0) is 16.1 Å². The van der Waals surface area contributed by atoms with E-state index in [2.05, 4.69) is 20.4 Å². The van der Waals surface area contributed by atoms with Crippen molar-refractivity contribution in [2.24, 2.45) is 0 Å². The minimum Gasteiger partial charge on any atom is -0.383 e. The van der Waals surface area contributed by atoms with Crippen LogP contribution in [-0.4, -0.2) is 53.9 Å². The van der Waals surface area contributed by atoms with Gasteiger partial charge in [-0.05, 0) is 25.5 Å². The molecule has 1 saturated heterocycles. The van der Waals surface area contributed by atoms with Crippen molar-refractivity contribution in [3.63, 3.8) is 0 Å². The average Bonchev–Trinajstić information content (AvgIpc) is 3.02. The van der Waals surface area contributed by atoms with E-state index in [1.54, 1.807) is 20.4 Å². The lowest BCUT2D eigenvalue weighted by Gasteiger charge is -2.37. The Morgan fingerprint density at radius 2 is 2.53 bits per heavy atom. The Bertz CT molecular complexity index is 407. The summed E-state index contributed by atoms with van der Waals surface area (Å²) in [4.78, 5) is 14.1. The number of ether oxygens (including phenoxy) is 1. The van der Waals surface area contributed by atoms with Crippen molar-refractivity contribution < 1.29 is 9.53 Å². The monoisotopic (exact) mass is 266 g/mol. The third kappa shape index (κ3) is 3.13. The fourth-order valence-corrected chi connectivity index (χ4v) is 2.89. The predicted molar refractivity (Wildman–Crippen MR) is 71.5 cm³/mol. The van der Waals surface area contributed by atoms with Gasteiger partial charge < -0.3 is 10.1 Å². The van der Waals surface area contributed by atoms with Crippen molar-refractivity contribution >= 4 is 5.91 Å². The highest BCUT2D eigenvalue weighted by atomic mass is 16.5. The highest BCUT2D eigenvalue weighted by Gasteiger charge is 2.42. The molecular weight excluding hydrogens is 244 g/mol. The molecule has 1 aromatic heterocycles. The smallest absolute Gasteiger partial charge is 0.221 e. The molecular formula is C13H22N4O2. The third-order valence-corrected chi connectivity index (χ3v) is 3.84. The Labute approximate surface area is 113 Å². The molecule has 106 valence electrons. The topological polar surface area (TPSA) is 70.2 Å². The molecule has 0 radical (unpaired) electrons. The fraction of sp³-hybridized carbons (Fsp3) is 0.692. The third-order valence-electron chi connectivity index (χ3n) is 3.84. The van der Waals surface area contributed by atoms with E-state index in [-0.39, 0.29) is 11.4 Å². The number of hydrogen-bond acceptors (Lipinski definition) is 4. The zero-order valence-corrected chi connectivity index (χ0v) is 11.6. The van der Waals surface area contributed by atoms with Crippen LogP contribution < -0.4 is 5.32 Å². The van der Waals surface area contributed by atoms with Crippen molar-refractivity contribution in [1.29, 1.82) is 0 Å². The minimum atomic E-state index is -0.194. The molecule has 1 fully saturated rings. The molecule has 2 heterocycles. The van der Waals surface area contributed by atoms with Crippen LogP contribution in [0.2, 0.25) is 0 Å². The summed E-state index contributed by atoms with van der Waals surface area (Å²) >= 11 is 0. The van der Waals surface area contributed by atoms with Crippen LogP contribution in [0, 0.1) is 0 Å². The number of methoxy groups -OCH3 is 1. The lowest BCUT2D eigenvalue weighted by atomic mass is 9.92. The normalized spacial score (nSPS) is 23.7. The van der Waals surface area contributed by atoms with Crippen LogP contribution >= 0.6 is 0 Å². The molecule has 0 aromatic carbocycles. The summed E-state index contributed by atoms with van der Waals surface area (Å²) in [5.41, 5.74) is 0.874. The second kappa shape index (κ2) is 6.16. The van der Waals surface area contributed by atoms with Crippen molar-refractivity contribution in [3.8, 4) is 0 Å². The summed E-state index contributed by atoms with van der Waals surface area (Å²) in [6, 6.07) is 1.97. The van der Waals surface area contributed by atoms with Gasteiger partial charge in [0.15, 0.2) is 0 Å². The molecule has 2 N–H and O–H groups in total. The number of nitrogens with zero attached hydrogens (tertiary/aromatic N) is 2. The van der Waals surface area contributed by atoms with Gasteiger partial charge in [0.25, 0.3) is 0 Å². The summed E-state index contributed by atoms with van der Waals surface area (Å²) in [6.07, 6.45) is 4.31. The first-order valence-electron chi connectivity index (χ1n) is 6.63. The number of carbonyl (C=O) groups is 1. The van der Waals surface area contributed by atoms with Gasteiger partial charge in [0.1, 0.15) is 0 Å². The standard InChI is InChI=1S/C13H22N4O2/c1-14-12(18)8-13(10-19-2)5-3-7-17(13)9-11-4-6-15-16-11/h4,6H,3,5,7-10H2,1-2H3,(H,14,18)(H,15,16)/t13-/m0/s1. The number of amides is 1. The predicted octanol–water partition coefficient (Wildman–Crippen LogP) is 0.527. The lowest BCUT2D eigenvalue weighted by Crippen LogP contribution is -2.50. The number of likely N-dealkylation sites (tertiary alicyclic amines) is 1. The van der Waals surface area contributed by atoms with Gasteiger partial charge in [0.2, 0.25) is 5.91 Å². The molecule has 0 saturated carbocycles. The number of rotatable bonds is 6. The second-order valence-corrected chi connectivity index (χ2v) is 5.11. The molecule has 1 aliphatic rings. The molecule has 0 spiro atoms. The van der Waals surface area contributed by atoms with Crippen LogP contribution in [0.1, 0.15) is 25.0 Å². The number of aromatic nitrogens is 2. The van der Waals surface area contributed by atoms with E-state index >= 15 is 0 Å². The zero-order valence-electron chi connectivity index (χ0n) is 11.6. The molecule has 1 amide bonds. The van der Waals surface area contributed by atoms with Crippen LogP contribution in [0.15, 0.2) is 12.3 Å². The van der Waals surface area contributed by atoms with Crippen LogP contribution in [0.3, 0.4) is 0 Å². The first-order chi connectivity index (χ1) is 9.20. The molecule has 6 heteroatoms. The van der Waals surface area contributed by atoms with Gasteiger partial charge in [-0.25, -0.2) is 0 Å². The SMILES string of the molecule is CNC(=O)C[C@]1(COC)CCCN1Cc1ccn[nH]1. The number of hydrogen-bond donors (Lipinski definition) is 2. The Balaban J connectivity index is 2.12. The average molecular weight is 266 g/mol. The quantitative estimate of drug-likeness (QED) is 0.788. The number of aromatic amines is 1. The maximum absolute atomic E-state index is 11.8. The van der Waals surface area contributed by atoms with Gasteiger partial charge >= 0.3 is 0 Å². The first kappa shape index (κ1) is 14.0. The molecule has 2 rings (SSSR count). The maximum atomic E-state index is 11.8. The van der Waals surface area contributed by atoms with Gasteiger partial charge in [-0.2, -0.15) is 5.10 Å². The van der Waals surface area contributed by atoms with Gasteiger partial charge in [0.05, 0.1) is 12.1 Å². The second-order valence-electron chi connectivity index (χ2n) is 5.11. The van der Waals surface area contributed by atoms with E-state index < -0.39 is 0 Å². The van der Waals surface area contributed by atoms with Crippen molar-refractivity contribution in [3.05, 3.63) is 18.0 Å². The summed E-state index contributed by atoms with van der Waals surface area (Å²) in [5, 5.41) is 9.66. The molecule has 1 aliphatic heterocycles. The van der Waals surface area contributed by atoms with E-state index in [0.717, 1.165) is 31.6 Å². The van der Waals surface area contributed by atoms with Crippen LogP contribution in [0.5, 0.6) is 0 Å². The molecule has 0 unspecified atom stereocenters. The molecule has 19 heavy (non-hydrogen) atoms. The Hall–Kier alpha value is -1.40. The van der Waals surface area contributed by atoms with E-state index in [9.17, 15) is 4.79 Å². The highest BCUT2D eigenvalue weighted by molar-refractivity contribution is 5.77. The van der Waals surface area contributed by atoms with E-state index in [1.807, 2.05) is 6.07 Å². The molecule has 1 aromatic rings. The molecule has 1 atom stereocenters. The molecule has 6 nitrogen and oxygen atoms in total. The summed E-state index contributed by atoms with van der Waals surface area (Å²) in [7, 11) is 3.37. The zero-order chi connectivity index (χ0) is 13.7. The summed E-state index contributed by atoms with van der Waals surface area (Å²) in [6.45, 7) is 2.34. The van der Waals surface area contributed by atoms with Crippen molar-refractivity contribution in [1.82, 2.24) is 20.4 Å². The van der Waals surface area contributed by atoms with Crippen LogP contribution in [0.4, 0.5) is 0 Å². The van der Waals surface area contributed by atoms with E-state index in [0.29, 0.717) is 13.0 Å². The van der Waals surface area contributed by atoms with Gasteiger partial charge in [-0.3, -0.25) is 14.8 Å². The van der Waals surface area contributed by atoms with Gasteiger partial charge in [0, 0.05) is 39.0 Å². The van der Waals surface area contributed by atoms with Gasteiger partial charge in [-0.1, -0.05) is 0 Å². The van der Waals surface area contributed by atoms with Crippen LogP contribution in [0.25, 0.3) is 0 Å². The summed E-state index contributed by atoms with van der Waals surface area (Å²) < 4.78 is 5.38. The Morgan fingerprint density at radius 3 is 3.16 bits per heavy atom. The lowest BCUT2D eigenvalue weighted by molar-refractivity contribution is -0.124. The minimum absolute atomic E-state index is 0.0635. The van der Waals surface area contributed by atoms with Crippen molar-refractivity contribution in [2.75, 3.05) is 27.3 Å².